The summed E-state index contributed by atoms with van der Waals surface area (Å²) in [5.41, 5.74) is 3.75. The Morgan fingerprint density at radius 2 is 1.00 bits per heavy atom. The van der Waals surface area contributed by atoms with Gasteiger partial charge in [-0.3, -0.25) is 0 Å². The molecule has 1 fully saturated rings. The average molecular weight is 497 g/mol. The molecule has 4 aromatic rings. The second-order valence-electron chi connectivity index (χ2n) is 8.90. The maximum atomic E-state index is 14.2. The average Bonchev–Trinajstić information content (AvgIpc) is 3.18. The van der Waals surface area contributed by atoms with Gasteiger partial charge < -0.3 is 23.7 Å². The van der Waals surface area contributed by atoms with Crippen LogP contribution in [0.4, 0.5) is 4.79 Å². The van der Waals surface area contributed by atoms with E-state index in [1.165, 1.54) is 0 Å². The lowest BCUT2D eigenvalue weighted by Gasteiger charge is -2.29. The molecular weight excluding hydrogens is 471 g/mol. The molecule has 36 heavy (non-hydrogen) atoms. The number of amides is 2. The van der Waals surface area contributed by atoms with Crippen LogP contribution >= 0.6 is 8.60 Å². The quantitative estimate of drug-likeness (QED) is 0.324. The molecule has 2 amide bonds. The van der Waals surface area contributed by atoms with E-state index < -0.39 is 8.60 Å². The van der Waals surface area contributed by atoms with Gasteiger partial charge in [0.15, 0.2) is 0 Å². The zero-order valence-corrected chi connectivity index (χ0v) is 20.4. The highest BCUT2D eigenvalue weighted by Crippen LogP contribution is 2.54. The summed E-state index contributed by atoms with van der Waals surface area (Å²) in [4.78, 5) is 28.7. The summed E-state index contributed by atoms with van der Waals surface area (Å²) in [6.07, 6.45) is 0. The summed E-state index contributed by atoms with van der Waals surface area (Å²) in [5.74, 6) is 1.03. The molecule has 2 heterocycles. The fourth-order valence-electron chi connectivity index (χ4n) is 5.11. The summed E-state index contributed by atoms with van der Waals surface area (Å²) < 4.78 is 11.8. The minimum atomic E-state index is -2.20. The molecule has 0 aliphatic carbocycles. The number of hydrogen-bond acceptors (Lipinski definition) is 4. The van der Waals surface area contributed by atoms with Crippen molar-refractivity contribution in [2.24, 2.45) is 0 Å². The Morgan fingerprint density at radius 1 is 0.611 bits per heavy atom. The summed E-state index contributed by atoms with van der Waals surface area (Å²) >= 11 is 0. The third-order valence-electron chi connectivity index (χ3n) is 6.68. The Bertz CT molecular complexity index is 1270. The lowest BCUT2D eigenvalue weighted by atomic mass is 9.91. The van der Waals surface area contributed by atoms with E-state index in [0.717, 1.165) is 22.3 Å². The summed E-state index contributed by atoms with van der Waals surface area (Å²) in [7, 11) is -2.20. The van der Waals surface area contributed by atoms with E-state index in [9.17, 15) is 9.69 Å². The first-order valence-corrected chi connectivity index (χ1v) is 13.0. The molecule has 2 aliphatic rings. The van der Waals surface area contributed by atoms with Crippen LogP contribution < -0.4 is 9.05 Å². The first-order valence-electron chi connectivity index (χ1n) is 11.9. The summed E-state index contributed by atoms with van der Waals surface area (Å²) in [6, 6.07) is 34.4. The molecule has 0 radical (unpaired) electrons. The second kappa shape index (κ2) is 9.65. The molecule has 1 saturated heterocycles. The Balaban J connectivity index is 1.55. The summed E-state index contributed by atoms with van der Waals surface area (Å²) in [5, 5.41) is 0. The standard InChI is InChI=1S/C29H25N2O4P/c32-29-30(19-21-11-3-1-4-12-21)27-23-15-7-9-17-25(23)34-36(33)35-26-18-10-8-16-24(26)28(27)31(29)20-22-13-5-2-6-14-22/h1-18,27-28,33H,19-20H2/t27-,28-/m1/s1. The van der Waals surface area contributed by atoms with Gasteiger partial charge in [0.25, 0.3) is 0 Å². The number of fused-ring (bicyclic) bond motifs is 5. The lowest BCUT2D eigenvalue weighted by molar-refractivity contribution is 0.180. The number of para-hydroxylation sites is 2. The van der Waals surface area contributed by atoms with Crippen molar-refractivity contribution in [3.05, 3.63) is 131 Å². The van der Waals surface area contributed by atoms with Gasteiger partial charge in [0.2, 0.25) is 0 Å². The molecule has 180 valence electrons. The van der Waals surface area contributed by atoms with Gasteiger partial charge in [0.05, 0.1) is 12.1 Å². The van der Waals surface area contributed by atoms with Gasteiger partial charge in [-0.05, 0) is 23.3 Å². The van der Waals surface area contributed by atoms with Gasteiger partial charge in [0, 0.05) is 24.2 Å². The second-order valence-corrected chi connectivity index (χ2v) is 9.74. The maximum absolute atomic E-state index is 14.2. The fourth-order valence-corrected chi connectivity index (χ4v) is 5.82. The van der Waals surface area contributed by atoms with Crippen molar-refractivity contribution in [3.8, 4) is 11.5 Å². The Morgan fingerprint density at radius 3 is 1.44 bits per heavy atom. The number of nitrogens with zero attached hydrogens (tertiary/aromatic N) is 2. The molecule has 6 nitrogen and oxygen atoms in total. The molecule has 6 rings (SSSR count). The molecule has 2 aliphatic heterocycles. The third-order valence-corrected chi connectivity index (χ3v) is 7.39. The first kappa shape index (κ1) is 22.6. The topological polar surface area (TPSA) is 62.2 Å². The van der Waals surface area contributed by atoms with E-state index in [2.05, 4.69) is 0 Å². The number of benzene rings is 4. The molecular formula is C29H25N2O4P. The zero-order valence-electron chi connectivity index (χ0n) is 19.5. The van der Waals surface area contributed by atoms with Crippen molar-refractivity contribution < 1.29 is 18.7 Å². The first-order chi connectivity index (χ1) is 17.7. The van der Waals surface area contributed by atoms with Crippen LogP contribution in [-0.2, 0) is 13.1 Å². The van der Waals surface area contributed by atoms with Crippen molar-refractivity contribution >= 4 is 14.6 Å². The van der Waals surface area contributed by atoms with E-state index in [0.29, 0.717) is 24.6 Å². The van der Waals surface area contributed by atoms with Crippen molar-refractivity contribution in [1.29, 1.82) is 0 Å². The summed E-state index contributed by atoms with van der Waals surface area (Å²) in [6.45, 7) is 0.884. The molecule has 0 unspecified atom stereocenters. The van der Waals surface area contributed by atoms with Crippen LogP contribution in [0.3, 0.4) is 0 Å². The highest BCUT2D eigenvalue weighted by molar-refractivity contribution is 7.41. The number of carbonyl (C=O) groups is 1. The van der Waals surface area contributed by atoms with Crippen molar-refractivity contribution in [2.45, 2.75) is 25.2 Å². The monoisotopic (exact) mass is 496 g/mol. The molecule has 7 heteroatoms. The molecule has 4 aromatic carbocycles. The highest BCUT2D eigenvalue weighted by Gasteiger charge is 2.49. The van der Waals surface area contributed by atoms with Crippen LogP contribution in [0.5, 0.6) is 11.5 Å². The minimum Gasteiger partial charge on any atom is -0.417 e. The van der Waals surface area contributed by atoms with Gasteiger partial charge in [-0.1, -0.05) is 97.1 Å². The Labute approximate surface area is 211 Å². The normalized spacial score (nSPS) is 19.2. The predicted molar refractivity (Wildman–Crippen MR) is 138 cm³/mol. The van der Waals surface area contributed by atoms with Crippen LogP contribution in [0.2, 0.25) is 0 Å². The molecule has 2 atom stereocenters. The molecule has 0 saturated carbocycles. The Kier molecular flexibility index (Phi) is 6.06. The van der Waals surface area contributed by atoms with E-state index in [4.69, 9.17) is 9.05 Å². The minimum absolute atomic E-state index is 0.0610. The fraction of sp³-hybridized carbons (Fsp3) is 0.138. The predicted octanol–water partition coefficient (Wildman–Crippen LogP) is 6.60. The third kappa shape index (κ3) is 4.19. The molecule has 0 bridgehead atoms. The maximum Gasteiger partial charge on any atom is 0.460 e. The number of hydrogen-bond donors (Lipinski definition) is 1. The van der Waals surface area contributed by atoms with Crippen LogP contribution in [0.15, 0.2) is 109 Å². The van der Waals surface area contributed by atoms with Gasteiger partial charge in [-0.15, -0.1) is 0 Å². The number of urea groups is 1. The van der Waals surface area contributed by atoms with Crippen molar-refractivity contribution in [3.63, 3.8) is 0 Å². The molecule has 0 aromatic heterocycles. The van der Waals surface area contributed by atoms with Crippen LogP contribution in [0, 0.1) is 0 Å². The van der Waals surface area contributed by atoms with E-state index in [-0.39, 0.29) is 18.1 Å². The lowest BCUT2D eigenvalue weighted by Crippen LogP contribution is -2.32. The number of rotatable bonds is 4. The van der Waals surface area contributed by atoms with E-state index >= 15 is 0 Å². The largest absolute Gasteiger partial charge is 0.460 e. The van der Waals surface area contributed by atoms with Gasteiger partial charge in [-0.2, -0.15) is 0 Å². The van der Waals surface area contributed by atoms with E-state index in [1.807, 2.05) is 119 Å². The van der Waals surface area contributed by atoms with Crippen LogP contribution in [0.1, 0.15) is 34.3 Å². The van der Waals surface area contributed by atoms with Gasteiger partial charge in [0.1, 0.15) is 11.5 Å². The van der Waals surface area contributed by atoms with Crippen LogP contribution in [0.25, 0.3) is 0 Å². The smallest absolute Gasteiger partial charge is 0.417 e. The van der Waals surface area contributed by atoms with Gasteiger partial charge >= 0.3 is 14.6 Å². The Hall–Kier alpha value is -3.86. The van der Waals surface area contributed by atoms with Gasteiger partial charge in [-0.25, -0.2) is 4.79 Å². The van der Waals surface area contributed by atoms with E-state index in [1.54, 1.807) is 0 Å². The molecule has 0 spiro atoms. The van der Waals surface area contributed by atoms with Crippen LogP contribution in [-0.4, -0.2) is 20.7 Å². The molecule has 1 N–H and O–H groups in total. The number of carbonyl (C=O) groups excluding carboxylic acids is 1. The van der Waals surface area contributed by atoms with Crippen molar-refractivity contribution in [1.82, 2.24) is 9.80 Å². The SMILES string of the molecule is O=C1N(Cc2ccccc2)[C@@H]2c3ccccc3OP(O)Oc3ccccc3[C@H]2N1Cc1ccccc1. The highest BCUT2D eigenvalue weighted by atomic mass is 31.2. The zero-order chi connectivity index (χ0) is 24.5. The van der Waals surface area contributed by atoms with Crippen molar-refractivity contribution in [2.75, 3.05) is 0 Å².